The van der Waals surface area contributed by atoms with Crippen molar-refractivity contribution >= 4 is 27.8 Å². The average molecular weight is 447 g/mol. The molecular weight excluding hydrogens is 422 g/mol. The topological polar surface area (TPSA) is 97.7 Å². The molecule has 8 nitrogen and oxygen atoms in total. The summed E-state index contributed by atoms with van der Waals surface area (Å²) in [4.78, 5) is 35.4. The van der Waals surface area contributed by atoms with Crippen LogP contribution in [0.25, 0.3) is 21.9 Å². The summed E-state index contributed by atoms with van der Waals surface area (Å²) in [5.74, 6) is 0.359. The van der Waals surface area contributed by atoms with E-state index in [4.69, 9.17) is 13.9 Å². The zero-order valence-electron chi connectivity index (χ0n) is 18.4. The molecule has 3 heterocycles. The van der Waals surface area contributed by atoms with Crippen LogP contribution in [-0.4, -0.2) is 47.1 Å². The number of furan rings is 1. The Balaban J connectivity index is 1.53. The van der Waals surface area contributed by atoms with Gasteiger partial charge >= 0.3 is 0 Å². The predicted molar refractivity (Wildman–Crippen MR) is 123 cm³/mol. The van der Waals surface area contributed by atoms with Crippen LogP contribution < -0.4 is 5.56 Å². The summed E-state index contributed by atoms with van der Waals surface area (Å²) in [6, 6.07) is 14.7. The first-order chi connectivity index (χ1) is 16.1. The van der Waals surface area contributed by atoms with E-state index in [0.717, 1.165) is 18.2 Å². The second-order valence-corrected chi connectivity index (χ2v) is 8.19. The lowest BCUT2D eigenvalue weighted by atomic mass is 10.1. The SMILES string of the molecule is COCc1c(C(=O)N(Cc2nc3ccccc3c(=O)[nH]2)C[C@@H]2CCCO2)oc2ccccc12. The first-order valence-corrected chi connectivity index (χ1v) is 11.0. The van der Waals surface area contributed by atoms with Gasteiger partial charge in [-0.15, -0.1) is 0 Å². The lowest BCUT2D eigenvalue weighted by Gasteiger charge is -2.24. The molecule has 170 valence electrons. The molecule has 1 saturated heterocycles. The summed E-state index contributed by atoms with van der Waals surface area (Å²) >= 11 is 0. The highest BCUT2D eigenvalue weighted by atomic mass is 16.5. The van der Waals surface area contributed by atoms with Gasteiger partial charge in [0.15, 0.2) is 5.76 Å². The number of fused-ring (bicyclic) bond motifs is 2. The Morgan fingerprint density at radius 3 is 2.76 bits per heavy atom. The Kier molecular flexibility index (Phi) is 5.93. The van der Waals surface area contributed by atoms with Crippen LogP contribution in [0, 0.1) is 0 Å². The number of aromatic nitrogens is 2. The minimum absolute atomic E-state index is 0.0728. The van der Waals surface area contributed by atoms with Gasteiger partial charge < -0.3 is 23.8 Å². The largest absolute Gasteiger partial charge is 0.451 e. The maximum atomic E-state index is 13.8. The molecule has 2 aromatic heterocycles. The van der Waals surface area contributed by atoms with Crippen molar-refractivity contribution in [2.75, 3.05) is 20.3 Å². The van der Waals surface area contributed by atoms with E-state index < -0.39 is 0 Å². The molecule has 0 bridgehead atoms. The molecule has 1 atom stereocenters. The number of nitrogens with zero attached hydrogens (tertiary/aromatic N) is 2. The number of hydrogen-bond acceptors (Lipinski definition) is 6. The van der Waals surface area contributed by atoms with E-state index in [9.17, 15) is 9.59 Å². The van der Waals surface area contributed by atoms with Crippen molar-refractivity contribution in [3.63, 3.8) is 0 Å². The van der Waals surface area contributed by atoms with E-state index in [2.05, 4.69) is 9.97 Å². The number of carbonyl (C=O) groups is 1. The third kappa shape index (κ3) is 4.27. The average Bonchev–Trinajstić information content (AvgIpc) is 3.47. The van der Waals surface area contributed by atoms with E-state index in [1.54, 1.807) is 30.2 Å². The van der Waals surface area contributed by atoms with Gasteiger partial charge in [-0.1, -0.05) is 30.3 Å². The fourth-order valence-corrected chi connectivity index (χ4v) is 4.35. The van der Waals surface area contributed by atoms with Crippen molar-refractivity contribution in [1.29, 1.82) is 0 Å². The molecule has 1 amide bonds. The van der Waals surface area contributed by atoms with Gasteiger partial charge in [0, 0.05) is 31.2 Å². The van der Waals surface area contributed by atoms with E-state index in [0.29, 0.717) is 41.0 Å². The number of amides is 1. The smallest absolute Gasteiger partial charge is 0.290 e. The number of rotatable bonds is 7. The van der Waals surface area contributed by atoms with E-state index >= 15 is 0 Å². The molecule has 8 heteroatoms. The minimum atomic E-state index is -0.287. The number of H-pyrrole nitrogens is 1. The van der Waals surface area contributed by atoms with Crippen LogP contribution in [0.5, 0.6) is 0 Å². The van der Waals surface area contributed by atoms with Crippen LogP contribution in [0.1, 0.15) is 34.8 Å². The van der Waals surface area contributed by atoms with Gasteiger partial charge in [-0.3, -0.25) is 9.59 Å². The molecule has 1 aliphatic heterocycles. The predicted octanol–water partition coefficient (Wildman–Crippen LogP) is 3.64. The Morgan fingerprint density at radius 1 is 1.18 bits per heavy atom. The number of hydrogen-bond donors (Lipinski definition) is 1. The minimum Gasteiger partial charge on any atom is -0.451 e. The van der Waals surface area contributed by atoms with Crippen molar-refractivity contribution in [2.24, 2.45) is 0 Å². The summed E-state index contributed by atoms with van der Waals surface area (Å²) in [6.07, 6.45) is 1.75. The van der Waals surface area contributed by atoms with Crippen LogP contribution in [0.15, 0.2) is 57.7 Å². The molecule has 1 fully saturated rings. The third-order valence-electron chi connectivity index (χ3n) is 5.92. The maximum Gasteiger partial charge on any atom is 0.290 e. The summed E-state index contributed by atoms with van der Waals surface area (Å²) in [7, 11) is 1.59. The zero-order valence-corrected chi connectivity index (χ0v) is 18.4. The van der Waals surface area contributed by atoms with Crippen molar-refractivity contribution in [2.45, 2.75) is 32.1 Å². The normalized spacial score (nSPS) is 16.0. The van der Waals surface area contributed by atoms with Crippen molar-refractivity contribution in [3.05, 3.63) is 76.0 Å². The summed E-state index contributed by atoms with van der Waals surface area (Å²) < 4.78 is 17.1. The fourth-order valence-electron chi connectivity index (χ4n) is 4.35. The van der Waals surface area contributed by atoms with Gasteiger partial charge in [0.25, 0.3) is 11.5 Å². The summed E-state index contributed by atoms with van der Waals surface area (Å²) in [5, 5.41) is 1.36. The van der Waals surface area contributed by atoms with E-state index in [-0.39, 0.29) is 36.5 Å². The molecular formula is C25H25N3O5. The van der Waals surface area contributed by atoms with Crippen LogP contribution in [0.3, 0.4) is 0 Å². The maximum absolute atomic E-state index is 13.8. The van der Waals surface area contributed by atoms with E-state index in [1.165, 1.54) is 0 Å². The number of benzene rings is 2. The lowest BCUT2D eigenvalue weighted by Crippen LogP contribution is -2.38. The molecule has 0 aliphatic carbocycles. The number of aromatic amines is 1. The lowest BCUT2D eigenvalue weighted by molar-refractivity contribution is 0.0475. The van der Waals surface area contributed by atoms with Gasteiger partial charge in [0.2, 0.25) is 0 Å². The van der Waals surface area contributed by atoms with Crippen molar-refractivity contribution < 1.29 is 18.7 Å². The molecule has 0 spiro atoms. The van der Waals surface area contributed by atoms with Crippen LogP contribution in [0.2, 0.25) is 0 Å². The Labute approximate surface area is 190 Å². The molecule has 1 aliphatic rings. The highest BCUT2D eigenvalue weighted by molar-refractivity contribution is 5.99. The van der Waals surface area contributed by atoms with Gasteiger partial charge in [-0.2, -0.15) is 0 Å². The van der Waals surface area contributed by atoms with Crippen LogP contribution >= 0.6 is 0 Å². The fraction of sp³-hybridized carbons (Fsp3) is 0.320. The standard InChI is InChI=1S/C25H25N3O5/c1-31-15-19-17-8-3-5-11-21(17)33-23(19)25(30)28(13-16-7-6-12-32-16)14-22-26-20-10-4-2-9-18(20)24(29)27-22/h2-5,8-11,16H,6-7,12-15H2,1H3,(H,26,27,29)/t16-/m0/s1. The summed E-state index contributed by atoms with van der Waals surface area (Å²) in [6.45, 7) is 1.43. The Morgan fingerprint density at radius 2 is 1.97 bits per heavy atom. The molecule has 33 heavy (non-hydrogen) atoms. The van der Waals surface area contributed by atoms with Crippen LogP contribution in [-0.2, 0) is 22.6 Å². The van der Waals surface area contributed by atoms with Crippen molar-refractivity contribution in [3.8, 4) is 0 Å². The number of carbonyl (C=O) groups excluding carboxylic acids is 1. The third-order valence-corrected chi connectivity index (χ3v) is 5.92. The van der Waals surface area contributed by atoms with Gasteiger partial charge in [0.05, 0.1) is 30.2 Å². The first kappa shape index (κ1) is 21.4. The monoisotopic (exact) mass is 447 g/mol. The second kappa shape index (κ2) is 9.17. The molecule has 0 unspecified atom stereocenters. The summed E-state index contributed by atoms with van der Waals surface area (Å²) in [5.41, 5.74) is 1.69. The molecule has 5 rings (SSSR count). The zero-order chi connectivity index (χ0) is 22.8. The van der Waals surface area contributed by atoms with Gasteiger partial charge in [-0.25, -0.2) is 4.98 Å². The Hall–Kier alpha value is -3.49. The number of ether oxygens (including phenoxy) is 2. The first-order valence-electron chi connectivity index (χ1n) is 11.0. The van der Waals surface area contributed by atoms with Gasteiger partial charge in [0.1, 0.15) is 11.4 Å². The van der Waals surface area contributed by atoms with E-state index in [1.807, 2.05) is 30.3 Å². The van der Waals surface area contributed by atoms with Crippen molar-refractivity contribution in [1.82, 2.24) is 14.9 Å². The van der Waals surface area contributed by atoms with Gasteiger partial charge in [-0.05, 0) is 31.0 Å². The molecule has 4 aromatic rings. The number of para-hydroxylation sites is 2. The second-order valence-electron chi connectivity index (χ2n) is 8.19. The molecule has 1 N–H and O–H groups in total. The quantitative estimate of drug-likeness (QED) is 0.465. The number of methoxy groups -OCH3 is 1. The highest BCUT2D eigenvalue weighted by Crippen LogP contribution is 2.28. The van der Waals surface area contributed by atoms with Crippen LogP contribution in [0.4, 0.5) is 0 Å². The highest BCUT2D eigenvalue weighted by Gasteiger charge is 2.29. The number of nitrogens with one attached hydrogen (secondary N) is 1. The Bertz CT molecular complexity index is 1350. The molecule has 0 saturated carbocycles. The molecule has 2 aromatic carbocycles. The molecule has 0 radical (unpaired) electrons.